The quantitative estimate of drug-likeness (QED) is 0.730. The van der Waals surface area contributed by atoms with Gasteiger partial charge in [-0.1, -0.05) is 18.2 Å². The molecule has 0 unspecified atom stereocenters. The fraction of sp³-hybridized carbons (Fsp3) is 0.200. The third-order valence-corrected chi connectivity index (χ3v) is 4.23. The molecule has 0 bridgehead atoms. The molecule has 3 nitrogen and oxygen atoms in total. The highest BCUT2D eigenvalue weighted by Gasteiger charge is 2.09. The fourth-order valence-electron chi connectivity index (χ4n) is 2.71. The number of nitrogens with zero attached hydrogens (tertiary/aromatic N) is 2. The second-order valence-electron chi connectivity index (χ2n) is 6.09. The van der Waals surface area contributed by atoms with Crippen molar-refractivity contribution >= 4 is 0 Å². The van der Waals surface area contributed by atoms with Gasteiger partial charge in [0.15, 0.2) is 0 Å². The van der Waals surface area contributed by atoms with Crippen molar-refractivity contribution in [1.82, 2.24) is 9.78 Å². The summed E-state index contributed by atoms with van der Waals surface area (Å²) in [6, 6.07) is 13.6. The molecular formula is C20H19FN2O. The molecule has 0 aliphatic rings. The lowest BCUT2D eigenvalue weighted by atomic mass is 9.99. The summed E-state index contributed by atoms with van der Waals surface area (Å²) in [7, 11) is 0. The van der Waals surface area contributed by atoms with Gasteiger partial charge in [-0.3, -0.25) is 4.79 Å². The third-order valence-electron chi connectivity index (χ3n) is 4.23. The van der Waals surface area contributed by atoms with E-state index in [0.717, 1.165) is 22.4 Å². The summed E-state index contributed by atoms with van der Waals surface area (Å²) in [6.07, 6.45) is 0. The Bertz CT molecular complexity index is 943. The Morgan fingerprint density at radius 3 is 2.29 bits per heavy atom. The highest BCUT2D eigenvalue weighted by molar-refractivity contribution is 5.64. The van der Waals surface area contributed by atoms with Crippen LogP contribution in [0.5, 0.6) is 0 Å². The molecule has 0 spiro atoms. The van der Waals surface area contributed by atoms with E-state index in [0.29, 0.717) is 6.54 Å². The van der Waals surface area contributed by atoms with Gasteiger partial charge in [-0.15, -0.1) is 0 Å². The van der Waals surface area contributed by atoms with E-state index in [1.165, 1.54) is 34.0 Å². The van der Waals surface area contributed by atoms with Crippen molar-refractivity contribution in [1.29, 1.82) is 0 Å². The number of aryl methyl sites for hydroxylation is 3. The molecule has 0 fully saturated rings. The maximum absolute atomic E-state index is 13.0. The van der Waals surface area contributed by atoms with Crippen LogP contribution in [0, 0.1) is 26.6 Å². The SMILES string of the molecule is Cc1cc(C)c(-c2ccc(=O)n(Cc3ccc(F)cc3)n2)cc1C. The molecule has 2 aromatic carbocycles. The van der Waals surface area contributed by atoms with Crippen LogP contribution in [0.2, 0.25) is 0 Å². The van der Waals surface area contributed by atoms with E-state index < -0.39 is 0 Å². The molecule has 0 saturated carbocycles. The molecule has 1 aromatic heterocycles. The Morgan fingerprint density at radius 1 is 0.917 bits per heavy atom. The molecule has 0 atom stereocenters. The van der Waals surface area contributed by atoms with E-state index in [1.807, 2.05) is 6.92 Å². The van der Waals surface area contributed by atoms with Crippen molar-refractivity contribution in [2.45, 2.75) is 27.3 Å². The van der Waals surface area contributed by atoms with E-state index in [-0.39, 0.29) is 11.4 Å². The minimum Gasteiger partial charge on any atom is -0.268 e. The lowest BCUT2D eigenvalue weighted by molar-refractivity contribution is 0.620. The molecular weight excluding hydrogens is 303 g/mol. The molecule has 1 heterocycles. The Kier molecular flexibility index (Phi) is 4.30. The summed E-state index contributed by atoms with van der Waals surface area (Å²) >= 11 is 0. The molecule has 4 heteroatoms. The number of benzene rings is 2. The summed E-state index contributed by atoms with van der Waals surface area (Å²) < 4.78 is 14.4. The third kappa shape index (κ3) is 3.27. The van der Waals surface area contributed by atoms with Crippen molar-refractivity contribution < 1.29 is 4.39 Å². The molecule has 0 radical (unpaired) electrons. The van der Waals surface area contributed by atoms with Crippen LogP contribution in [-0.2, 0) is 6.54 Å². The van der Waals surface area contributed by atoms with Crippen molar-refractivity contribution in [2.24, 2.45) is 0 Å². The van der Waals surface area contributed by atoms with Crippen LogP contribution in [0.1, 0.15) is 22.3 Å². The zero-order valence-electron chi connectivity index (χ0n) is 14.0. The van der Waals surface area contributed by atoms with Gasteiger partial charge in [-0.05, 0) is 67.3 Å². The van der Waals surface area contributed by atoms with Gasteiger partial charge in [-0.2, -0.15) is 5.10 Å². The first-order valence-electron chi connectivity index (χ1n) is 7.85. The van der Waals surface area contributed by atoms with Crippen LogP contribution in [0.15, 0.2) is 53.3 Å². The van der Waals surface area contributed by atoms with Crippen LogP contribution in [0.25, 0.3) is 11.3 Å². The first-order chi connectivity index (χ1) is 11.4. The topological polar surface area (TPSA) is 34.9 Å². The second kappa shape index (κ2) is 6.40. The molecule has 3 rings (SSSR count). The minimum atomic E-state index is -0.293. The fourth-order valence-corrected chi connectivity index (χ4v) is 2.71. The lowest BCUT2D eigenvalue weighted by Crippen LogP contribution is -2.22. The normalized spacial score (nSPS) is 10.8. The number of halogens is 1. The summed E-state index contributed by atoms with van der Waals surface area (Å²) in [6.45, 7) is 6.50. The van der Waals surface area contributed by atoms with Crippen LogP contribution in [-0.4, -0.2) is 9.78 Å². The molecule has 122 valence electrons. The standard InChI is InChI=1S/C20H19FN2O/c1-13-10-15(3)18(11-14(13)2)19-8-9-20(24)23(22-19)12-16-4-6-17(21)7-5-16/h4-11H,12H2,1-3H3. The van der Waals surface area contributed by atoms with E-state index in [9.17, 15) is 9.18 Å². The van der Waals surface area contributed by atoms with Gasteiger partial charge in [0.25, 0.3) is 5.56 Å². The van der Waals surface area contributed by atoms with Gasteiger partial charge in [-0.25, -0.2) is 9.07 Å². The maximum atomic E-state index is 13.0. The zero-order chi connectivity index (χ0) is 17.3. The summed E-state index contributed by atoms with van der Waals surface area (Å²) in [5.74, 6) is -0.293. The molecule has 0 aliphatic heterocycles. The molecule has 3 aromatic rings. The van der Waals surface area contributed by atoms with Gasteiger partial charge in [0.2, 0.25) is 0 Å². The van der Waals surface area contributed by atoms with Crippen molar-refractivity contribution in [2.75, 3.05) is 0 Å². The van der Waals surface area contributed by atoms with Gasteiger partial charge < -0.3 is 0 Å². The maximum Gasteiger partial charge on any atom is 0.267 e. The summed E-state index contributed by atoms with van der Waals surface area (Å²) in [5.41, 5.74) is 5.98. The van der Waals surface area contributed by atoms with E-state index in [2.05, 4.69) is 31.1 Å². The van der Waals surface area contributed by atoms with Crippen molar-refractivity contribution in [3.8, 4) is 11.3 Å². The highest BCUT2D eigenvalue weighted by Crippen LogP contribution is 2.24. The minimum absolute atomic E-state index is 0.176. The number of rotatable bonds is 3. The van der Waals surface area contributed by atoms with Gasteiger partial charge >= 0.3 is 0 Å². The molecule has 24 heavy (non-hydrogen) atoms. The van der Waals surface area contributed by atoms with Gasteiger partial charge in [0.05, 0.1) is 12.2 Å². The highest BCUT2D eigenvalue weighted by atomic mass is 19.1. The number of hydrogen-bond acceptors (Lipinski definition) is 2. The van der Waals surface area contributed by atoms with Gasteiger partial charge in [0.1, 0.15) is 5.82 Å². The zero-order valence-corrected chi connectivity index (χ0v) is 14.0. The summed E-state index contributed by atoms with van der Waals surface area (Å²) in [4.78, 5) is 12.1. The van der Waals surface area contributed by atoms with Crippen LogP contribution < -0.4 is 5.56 Å². The van der Waals surface area contributed by atoms with E-state index in [1.54, 1.807) is 18.2 Å². The average molecular weight is 322 g/mol. The van der Waals surface area contributed by atoms with Crippen molar-refractivity contribution in [3.05, 3.63) is 87.0 Å². The second-order valence-corrected chi connectivity index (χ2v) is 6.09. The number of aromatic nitrogens is 2. The summed E-state index contributed by atoms with van der Waals surface area (Å²) in [5, 5.41) is 4.50. The first kappa shape index (κ1) is 16.1. The predicted molar refractivity (Wildman–Crippen MR) is 93.6 cm³/mol. The Hall–Kier alpha value is -2.75. The van der Waals surface area contributed by atoms with Gasteiger partial charge in [0, 0.05) is 11.6 Å². The predicted octanol–water partition coefficient (Wildman–Crippen LogP) is 4.02. The molecule has 0 aliphatic carbocycles. The first-order valence-corrected chi connectivity index (χ1v) is 7.85. The molecule has 0 saturated heterocycles. The molecule has 0 N–H and O–H groups in total. The Morgan fingerprint density at radius 2 is 1.58 bits per heavy atom. The average Bonchev–Trinajstić information content (AvgIpc) is 2.55. The van der Waals surface area contributed by atoms with Crippen LogP contribution >= 0.6 is 0 Å². The monoisotopic (exact) mass is 322 g/mol. The number of hydrogen-bond donors (Lipinski definition) is 0. The smallest absolute Gasteiger partial charge is 0.267 e. The Balaban J connectivity index is 2.02. The lowest BCUT2D eigenvalue weighted by Gasteiger charge is -2.11. The largest absolute Gasteiger partial charge is 0.268 e. The van der Waals surface area contributed by atoms with E-state index in [4.69, 9.17) is 0 Å². The van der Waals surface area contributed by atoms with Crippen molar-refractivity contribution in [3.63, 3.8) is 0 Å². The van der Waals surface area contributed by atoms with E-state index >= 15 is 0 Å². The van der Waals surface area contributed by atoms with Crippen LogP contribution in [0.3, 0.4) is 0 Å². The van der Waals surface area contributed by atoms with Crippen LogP contribution in [0.4, 0.5) is 4.39 Å². The molecule has 0 amide bonds. The Labute approximate surface area is 140 Å².